The van der Waals surface area contributed by atoms with Gasteiger partial charge in [-0.2, -0.15) is 0 Å². The third-order valence-corrected chi connectivity index (χ3v) is 5.89. The number of hydrogen-bond donors (Lipinski definition) is 0. The van der Waals surface area contributed by atoms with Crippen LogP contribution in [0.25, 0.3) is 0 Å². The van der Waals surface area contributed by atoms with E-state index in [-0.39, 0.29) is 35.2 Å². The van der Waals surface area contributed by atoms with Crippen molar-refractivity contribution in [1.82, 2.24) is 15.0 Å². The van der Waals surface area contributed by atoms with E-state index in [1.165, 1.54) is 0 Å². The number of benzene rings is 1. The molecule has 2 aromatic heterocycles. The second-order valence-corrected chi connectivity index (χ2v) is 9.86. The Hall–Kier alpha value is -3.28. The summed E-state index contributed by atoms with van der Waals surface area (Å²) < 4.78 is 11.4. The number of esters is 1. The molecule has 3 aromatic rings. The minimum absolute atomic E-state index is 0.0460. The van der Waals surface area contributed by atoms with E-state index in [0.717, 1.165) is 11.4 Å². The van der Waals surface area contributed by atoms with E-state index >= 15 is 0 Å². The molecular formula is C26H29N3O3. The van der Waals surface area contributed by atoms with E-state index < -0.39 is 0 Å². The Kier molecular flexibility index (Phi) is 5.71. The Labute approximate surface area is 189 Å². The summed E-state index contributed by atoms with van der Waals surface area (Å²) in [5.41, 5.74) is 1.30. The van der Waals surface area contributed by atoms with E-state index in [1.54, 1.807) is 6.07 Å². The monoisotopic (exact) mass is 431 g/mol. The van der Waals surface area contributed by atoms with Crippen molar-refractivity contribution < 1.29 is 14.3 Å². The van der Waals surface area contributed by atoms with Gasteiger partial charge in [0.25, 0.3) is 0 Å². The molecule has 1 aliphatic carbocycles. The van der Waals surface area contributed by atoms with Gasteiger partial charge >= 0.3 is 5.97 Å². The molecular weight excluding hydrogens is 402 g/mol. The molecule has 6 nitrogen and oxygen atoms in total. The van der Waals surface area contributed by atoms with Crippen LogP contribution in [0, 0.1) is 11.3 Å². The minimum Gasteiger partial charge on any atom is -0.459 e. The molecule has 0 bridgehead atoms. The minimum atomic E-state index is -0.227. The largest absolute Gasteiger partial charge is 0.459 e. The van der Waals surface area contributed by atoms with Crippen molar-refractivity contribution in [2.75, 3.05) is 0 Å². The molecule has 6 heteroatoms. The molecule has 166 valence electrons. The summed E-state index contributed by atoms with van der Waals surface area (Å²) in [4.78, 5) is 26.3. The molecule has 1 saturated carbocycles. The molecule has 0 N–H and O–H groups in total. The molecule has 1 aliphatic rings. The van der Waals surface area contributed by atoms with E-state index in [9.17, 15) is 4.79 Å². The fraction of sp³-hybridized carbons (Fsp3) is 0.385. The first kappa shape index (κ1) is 21.9. The molecule has 1 aromatic carbocycles. The molecule has 0 amide bonds. The van der Waals surface area contributed by atoms with E-state index in [4.69, 9.17) is 9.47 Å². The average molecular weight is 432 g/mol. The number of rotatable bonds is 6. The maximum Gasteiger partial charge on any atom is 0.310 e. The summed E-state index contributed by atoms with van der Waals surface area (Å²) in [5, 5.41) is 0. The lowest BCUT2D eigenvalue weighted by atomic mass is 9.95. The molecule has 0 unspecified atom stereocenters. The van der Waals surface area contributed by atoms with Crippen LogP contribution in [-0.2, 0) is 21.6 Å². The van der Waals surface area contributed by atoms with Crippen molar-refractivity contribution in [2.45, 2.75) is 52.6 Å². The average Bonchev–Trinajstić information content (AvgIpc) is 3.34. The van der Waals surface area contributed by atoms with Gasteiger partial charge in [0.1, 0.15) is 18.2 Å². The van der Waals surface area contributed by atoms with Crippen molar-refractivity contribution in [3.05, 3.63) is 78.0 Å². The van der Waals surface area contributed by atoms with Crippen LogP contribution in [0.4, 0.5) is 0 Å². The predicted octanol–water partition coefficient (Wildman–Crippen LogP) is 5.44. The highest BCUT2D eigenvalue weighted by Gasteiger charge is 2.63. The van der Waals surface area contributed by atoms with Crippen molar-refractivity contribution in [3.63, 3.8) is 0 Å². The molecule has 0 spiro atoms. The number of aromatic nitrogens is 3. The summed E-state index contributed by atoms with van der Waals surface area (Å²) in [5.74, 6) is 1.56. The van der Waals surface area contributed by atoms with Gasteiger partial charge in [0, 0.05) is 29.8 Å². The zero-order valence-corrected chi connectivity index (χ0v) is 19.2. The van der Waals surface area contributed by atoms with E-state index in [1.807, 2.05) is 54.9 Å². The smallest absolute Gasteiger partial charge is 0.310 e. The van der Waals surface area contributed by atoms with Crippen molar-refractivity contribution >= 4 is 5.97 Å². The number of nitrogens with zero attached hydrogens (tertiary/aromatic N) is 3. The van der Waals surface area contributed by atoms with Gasteiger partial charge in [-0.3, -0.25) is 4.79 Å². The maximum atomic E-state index is 12.9. The van der Waals surface area contributed by atoms with Gasteiger partial charge in [0.05, 0.1) is 11.6 Å². The van der Waals surface area contributed by atoms with Crippen LogP contribution in [0.2, 0.25) is 0 Å². The van der Waals surface area contributed by atoms with Gasteiger partial charge in [-0.1, -0.05) is 58.9 Å². The van der Waals surface area contributed by atoms with Crippen molar-refractivity contribution in [1.29, 1.82) is 0 Å². The van der Waals surface area contributed by atoms with Crippen molar-refractivity contribution in [2.24, 2.45) is 11.3 Å². The van der Waals surface area contributed by atoms with Crippen LogP contribution < -0.4 is 4.74 Å². The quantitative estimate of drug-likeness (QED) is 0.484. The Morgan fingerprint density at radius 1 is 1.00 bits per heavy atom. The zero-order valence-electron chi connectivity index (χ0n) is 19.2. The number of para-hydroxylation sites is 1. The van der Waals surface area contributed by atoms with Gasteiger partial charge in [-0.05, 0) is 29.2 Å². The van der Waals surface area contributed by atoms with Gasteiger partial charge in [0.2, 0.25) is 5.88 Å². The number of pyridine rings is 1. The van der Waals surface area contributed by atoms with Gasteiger partial charge in [-0.25, -0.2) is 15.0 Å². The lowest BCUT2D eigenvalue weighted by molar-refractivity contribution is -0.147. The van der Waals surface area contributed by atoms with Crippen LogP contribution in [-0.4, -0.2) is 20.9 Å². The Morgan fingerprint density at radius 3 is 2.34 bits per heavy atom. The van der Waals surface area contributed by atoms with Crippen molar-refractivity contribution in [3.8, 4) is 11.6 Å². The molecule has 1 fully saturated rings. The molecule has 2 atom stereocenters. The third-order valence-electron chi connectivity index (χ3n) is 5.89. The second kappa shape index (κ2) is 8.34. The predicted molar refractivity (Wildman–Crippen MR) is 121 cm³/mol. The Morgan fingerprint density at radius 2 is 1.69 bits per heavy atom. The van der Waals surface area contributed by atoms with E-state index in [0.29, 0.717) is 17.3 Å². The summed E-state index contributed by atoms with van der Waals surface area (Å²) in [6.07, 6.45) is 3.69. The SMILES string of the molecule is CC(C)(C)c1ncc([C@H]2[C@H](C(=O)OCc3cccc(Oc4ccccc4)n3)C2(C)C)cn1. The Balaban J connectivity index is 1.38. The van der Waals surface area contributed by atoms with Crippen LogP contribution in [0.15, 0.2) is 60.9 Å². The van der Waals surface area contributed by atoms with Crippen LogP contribution in [0.1, 0.15) is 57.6 Å². The summed E-state index contributed by atoms with van der Waals surface area (Å²) in [7, 11) is 0. The van der Waals surface area contributed by atoms with Crippen LogP contribution >= 0.6 is 0 Å². The van der Waals surface area contributed by atoms with Gasteiger partial charge in [-0.15, -0.1) is 0 Å². The highest BCUT2D eigenvalue weighted by atomic mass is 16.5. The normalized spacial score (nSPS) is 19.3. The molecule has 0 saturated heterocycles. The fourth-order valence-corrected chi connectivity index (χ4v) is 4.02. The molecule has 4 rings (SSSR count). The zero-order chi connectivity index (χ0) is 22.9. The Bertz CT molecular complexity index is 1090. The number of hydrogen-bond acceptors (Lipinski definition) is 6. The van der Waals surface area contributed by atoms with E-state index in [2.05, 4.69) is 49.6 Å². The first-order chi connectivity index (χ1) is 15.2. The van der Waals surface area contributed by atoms with Crippen LogP contribution in [0.3, 0.4) is 0 Å². The topological polar surface area (TPSA) is 74.2 Å². The number of ether oxygens (including phenoxy) is 2. The molecule has 32 heavy (non-hydrogen) atoms. The summed E-state index contributed by atoms with van der Waals surface area (Å²) in [6, 6.07) is 14.9. The molecule has 0 radical (unpaired) electrons. The standard InChI is InChI=1S/C26H29N3O3/c1-25(2,3)24-27-14-17(15-28-24)21-22(26(21,4)5)23(30)31-16-18-10-9-13-20(29-18)32-19-11-7-6-8-12-19/h6-15,21-22H,16H2,1-5H3/t21-,22+/m0/s1. The highest BCUT2D eigenvalue weighted by molar-refractivity contribution is 5.79. The second-order valence-electron chi connectivity index (χ2n) is 9.86. The van der Waals surface area contributed by atoms with Gasteiger partial charge in [0.15, 0.2) is 0 Å². The lowest BCUT2D eigenvalue weighted by Crippen LogP contribution is -2.16. The molecule has 0 aliphatic heterocycles. The fourth-order valence-electron chi connectivity index (χ4n) is 4.02. The summed E-state index contributed by atoms with van der Waals surface area (Å²) in [6.45, 7) is 10.5. The van der Waals surface area contributed by atoms with Gasteiger partial charge < -0.3 is 9.47 Å². The molecule has 2 heterocycles. The van der Waals surface area contributed by atoms with Crippen LogP contribution in [0.5, 0.6) is 11.6 Å². The summed E-state index contributed by atoms with van der Waals surface area (Å²) >= 11 is 0. The highest BCUT2D eigenvalue weighted by Crippen LogP contribution is 2.64. The maximum absolute atomic E-state index is 12.9. The number of carbonyl (C=O) groups is 1. The third kappa shape index (κ3) is 4.64. The first-order valence-electron chi connectivity index (χ1n) is 10.8. The number of carbonyl (C=O) groups excluding carboxylic acids is 1. The lowest BCUT2D eigenvalue weighted by Gasteiger charge is -2.16. The first-order valence-corrected chi connectivity index (χ1v) is 10.8.